The molecular formula is C20H26FN5O. The molecule has 1 saturated heterocycles. The third-order valence-corrected chi connectivity index (χ3v) is 4.79. The van der Waals surface area contributed by atoms with E-state index in [0.717, 1.165) is 37.6 Å². The van der Waals surface area contributed by atoms with Crippen LogP contribution in [0.15, 0.2) is 53.7 Å². The van der Waals surface area contributed by atoms with Gasteiger partial charge in [-0.2, -0.15) is 0 Å². The van der Waals surface area contributed by atoms with Crippen molar-refractivity contribution in [3.8, 4) is 0 Å². The molecule has 144 valence electrons. The Hall–Kier alpha value is -2.67. The molecule has 3 rings (SSSR count). The highest BCUT2D eigenvalue weighted by Gasteiger charge is 2.19. The number of piperazine rings is 1. The summed E-state index contributed by atoms with van der Waals surface area (Å²) in [5, 5.41) is 9.61. The van der Waals surface area contributed by atoms with Crippen LogP contribution in [0, 0.1) is 11.7 Å². The molecule has 7 heteroatoms. The van der Waals surface area contributed by atoms with Gasteiger partial charge in [0.15, 0.2) is 5.96 Å². The molecule has 0 saturated carbocycles. The second-order valence-corrected chi connectivity index (χ2v) is 6.72. The van der Waals surface area contributed by atoms with Gasteiger partial charge >= 0.3 is 0 Å². The molecule has 1 aromatic heterocycles. The summed E-state index contributed by atoms with van der Waals surface area (Å²) in [6.45, 7) is 3.65. The van der Waals surface area contributed by atoms with E-state index in [1.165, 1.54) is 12.1 Å². The molecule has 1 unspecified atom stereocenters. The third kappa shape index (κ3) is 5.40. The first-order chi connectivity index (χ1) is 13.2. The number of guanidine groups is 1. The number of rotatable bonds is 6. The monoisotopic (exact) mass is 371 g/mol. The number of hydrogen-bond acceptors (Lipinski definition) is 4. The minimum absolute atomic E-state index is 0.000968. The Labute approximate surface area is 159 Å². The second kappa shape index (κ2) is 9.32. The predicted octanol–water partition coefficient (Wildman–Crippen LogP) is 1.51. The lowest BCUT2D eigenvalue weighted by atomic mass is 10.0. The van der Waals surface area contributed by atoms with Gasteiger partial charge in [-0.05, 0) is 42.8 Å². The standard InChI is InChI=1S/C20H26FN5O/c21-17-4-6-19(7-5-17)25-9-11-26(12-10-25)20(22)24-14-16(15-27)13-18-3-1-2-8-23-18/h1-8,16,27H,9-15H2,(H2,22,24). The average Bonchev–Trinajstić information content (AvgIpc) is 2.72. The van der Waals surface area contributed by atoms with Gasteiger partial charge in [0.1, 0.15) is 5.82 Å². The molecule has 2 heterocycles. The van der Waals surface area contributed by atoms with Crippen molar-refractivity contribution < 1.29 is 9.50 Å². The van der Waals surface area contributed by atoms with Crippen LogP contribution in [0.5, 0.6) is 0 Å². The minimum Gasteiger partial charge on any atom is -0.396 e. The van der Waals surface area contributed by atoms with Crippen LogP contribution in [0.3, 0.4) is 0 Å². The molecule has 3 N–H and O–H groups in total. The van der Waals surface area contributed by atoms with Crippen molar-refractivity contribution in [3.63, 3.8) is 0 Å². The number of aromatic nitrogens is 1. The highest BCUT2D eigenvalue weighted by atomic mass is 19.1. The van der Waals surface area contributed by atoms with Gasteiger partial charge in [-0.1, -0.05) is 6.07 Å². The Kier molecular flexibility index (Phi) is 6.59. The summed E-state index contributed by atoms with van der Waals surface area (Å²) in [5.74, 6) is 0.282. The Balaban J connectivity index is 1.50. The van der Waals surface area contributed by atoms with Gasteiger partial charge < -0.3 is 20.6 Å². The summed E-state index contributed by atoms with van der Waals surface area (Å²) < 4.78 is 13.1. The number of halogens is 1. The van der Waals surface area contributed by atoms with Crippen LogP contribution < -0.4 is 10.6 Å². The molecular weight excluding hydrogens is 345 g/mol. The van der Waals surface area contributed by atoms with Crippen molar-refractivity contribution in [2.24, 2.45) is 16.6 Å². The van der Waals surface area contributed by atoms with Gasteiger partial charge in [0.25, 0.3) is 0 Å². The van der Waals surface area contributed by atoms with Crippen LogP contribution in [0.25, 0.3) is 0 Å². The van der Waals surface area contributed by atoms with E-state index >= 15 is 0 Å². The van der Waals surface area contributed by atoms with Crippen LogP contribution in [0.4, 0.5) is 10.1 Å². The topological polar surface area (TPSA) is 78.0 Å². The average molecular weight is 371 g/mol. The maximum absolute atomic E-state index is 13.1. The molecule has 1 aliphatic heterocycles. The number of aliphatic imine (C=N–C) groups is 1. The lowest BCUT2D eigenvalue weighted by Crippen LogP contribution is -2.51. The summed E-state index contributed by atoms with van der Waals surface area (Å²) in [7, 11) is 0. The number of aliphatic hydroxyl groups is 1. The van der Waals surface area contributed by atoms with Crippen molar-refractivity contribution >= 4 is 11.6 Å². The Bertz CT molecular complexity index is 730. The number of aliphatic hydroxyl groups excluding tert-OH is 1. The molecule has 27 heavy (non-hydrogen) atoms. The quantitative estimate of drug-likeness (QED) is 0.595. The summed E-state index contributed by atoms with van der Waals surface area (Å²) in [5.41, 5.74) is 8.12. The number of nitrogens with zero attached hydrogens (tertiary/aromatic N) is 4. The van der Waals surface area contributed by atoms with Gasteiger partial charge in [0, 0.05) is 62.8 Å². The van der Waals surface area contributed by atoms with Gasteiger partial charge in [0.05, 0.1) is 0 Å². The van der Waals surface area contributed by atoms with Crippen molar-refractivity contribution in [2.45, 2.75) is 6.42 Å². The smallest absolute Gasteiger partial charge is 0.191 e. The zero-order valence-corrected chi connectivity index (χ0v) is 15.3. The van der Waals surface area contributed by atoms with E-state index in [2.05, 4.69) is 19.8 Å². The molecule has 0 spiro atoms. The molecule has 1 aromatic carbocycles. The van der Waals surface area contributed by atoms with Crippen LogP contribution in [0.2, 0.25) is 0 Å². The molecule has 2 aromatic rings. The number of hydrogen-bond donors (Lipinski definition) is 2. The van der Waals surface area contributed by atoms with Crippen LogP contribution in [-0.4, -0.2) is 60.3 Å². The van der Waals surface area contributed by atoms with Gasteiger partial charge in [-0.25, -0.2) is 4.39 Å². The first-order valence-corrected chi connectivity index (χ1v) is 9.22. The molecule has 0 amide bonds. The zero-order valence-electron chi connectivity index (χ0n) is 15.3. The SMILES string of the molecule is NC(=NCC(CO)Cc1ccccn1)N1CCN(c2ccc(F)cc2)CC1. The highest BCUT2D eigenvalue weighted by Crippen LogP contribution is 2.17. The largest absolute Gasteiger partial charge is 0.396 e. The van der Waals surface area contributed by atoms with Crippen LogP contribution >= 0.6 is 0 Å². The molecule has 0 aliphatic carbocycles. The fourth-order valence-corrected chi connectivity index (χ4v) is 3.17. The van der Waals surface area contributed by atoms with Gasteiger partial charge in [-0.3, -0.25) is 9.98 Å². The first kappa shape index (κ1) is 19.1. The fraction of sp³-hybridized carbons (Fsp3) is 0.400. The normalized spacial score (nSPS) is 16.4. The second-order valence-electron chi connectivity index (χ2n) is 6.72. The van der Waals surface area contributed by atoms with Gasteiger partial charge in [0.2, 0.25) is 0 Å². The van der Waals surface area contributed by atoms with Crippen LogP contribution in [-0.2, 0) is 6.42 Å². The van der Waals surface area contributed by atoms with Crippen molar-refractivity contribution in [3.05, 3.63) is 60.2 Å². The van der Waals surface area contributed by atoms with Crippen LogP contribution in [0.1, 0.15) is 5.69 Å². The maximum Gasteiger partial charge on any atom is 0.191 e. The molecule has 1 aliphatic rings. The Morgan fingerprint density at radius 1 is 1.15 bits per heavy atom. The summed E-state index contributed by atoms with van der Waals surface area (Å²) in [6.07, 6.45) is 2.43. The molecule has 0 radical (unpaired) electrons. The van der Waals surface area contributed by atoms with E-state index in [4.69, 9.17) is 5.73 Å². The van der Waals surface area contributed by atoms with E-state index < -0.39 is 0 Å². The predicted molar refractivity (Wildman–Crippen MR) is 105 cm³/mol. The number of nitrogens with two attached hydrogens (primary N) is 1. The lowest BCUT2D eigenvalue weighted by Gasteiger charge is -2.36. The summed E-state index contributed by atoms with van der Waals surface area (Å²) in [6, 6.07) is 12.3. The van der Waals surface area contributed by atoms with E-state index in [0.29, 0.717) is 18.9 Å². The number of anilines is 1. The van der Waals surface area contributed by atoms with E-state index in [-0.39, 0.29) is 18.3 Å². The summed E-state index contributed by atoms with van der Waals surface area (Å²) in [4.78, 5) is 13.0. The van der Waals surface area contributed by atoms with Crippen molar-refractivity contribution in [1.29, 1.82) is 0 Å². The van der Waals surface area contributed by atoms with Crippen molar-refractivity contribution in [2.75, 3.05) is 44.2 Å². The van der Waals surface area contributed by atoms with E-state index in [1.54, 1.807) is 18.3 Å². The third-order valence-electron chi connectivity index (χ3n) is 4.79. The first-order valence-electron chi connectivity index (χ1n) is 9.22. The lowest BCUT2D eigenvalue weighted by molar-refractivity contribution is 0.228. The highest BCUT2D eigenvalue weighted by molar-refractivity contribution is 5.78. The zero-order chi connectivity index (χ0) is 19.1. The van der Waals surface area contributed by atoms with E-state index in [9.17, 15) is 9.50 Å². The van der Waals surface area contributed by atoms with Crippen molar-refractivity contribution in [1.82, 2.24) is 9.88 Å². The molecule has 0 bridgehead atoms. The Morgan fingerprint density at radius 2 is 1.89 bits per heavy atom. The molecule has 6 nitrogen and oxygen atoms in total. The maximum atomic E-state index is 13.1. The molecule has 1 atom stereocenters. The number of pyridine rings is 1. The Morgan fingerprint density at radius 3 is 2.52 bits per heavy atom. The minimum atomic E-state index is -0.224. The van der Waals surface area contributed by atoms with E-state index in [1.807, 2.05) is 18.2 Å². The number of benzene rings is 1. The molecule has 1 fully saturated rings. The summed E-state index contributed by atoms with van der Waals surface area (Å²) >= 11 is 0. The fourth-order valence-electron chi connectivity index (χ4n) is 3.17. The van der Waals surface area contributed by atoms with Gasteiger partial charge in [-0.15, -0.1) is 0 Å².